The van der Waals surface area contributed by atoms with Crippen molar-refractivity contribution in [2.24, 2.45) is 4.99 Å². The van der Waals surface area contributed by atoms with Crippen molar-refractivity contribution in [2.75, 3.05) is 40.3 Å². The highest BCUT2D eigenvalue weighted by atomic mass is 16.5. The summed E-state index contributed by atoms with van der Waals surface area (Å²) in [7, 11) is 3.22. The Labute approximate surface area is 141 Å². The van der Waals surface area contributed by atoms with Gasteiger partial charge in [0.2, 0.25) is 0 Å². The van der Waals surface area contributed by atoms with Crippen molar-refractivity contribution in [3.63, 3.8) is 0 Å². The normalized spacial score (nSPS) is 19.4. The topological polar surface area (TPSA) is 66.0 Å². The van der Waals surface area contributed by atoms with Crippen LogP contribution in [0.15, 0.2) is 4.99 Å². The van der Waals surface area contributed by atoms with E-state index in [0.717, 1.165) is 50.9 Å². The molecule has 0 aromatic rings. The van der Waals surface area contributed by atoms with E-state index < -0.39 is 0 Å². The van der Waals surface area contributed by atoms with Gasteiger partial charge in [-0.25, -0.2) is 0 Å². The molecule has 0 saturated carbocycles. The van der Waals surface area contributed by atoms with Crippen molar-refractivity contribution in [1.29, 1.82) is 0 Å². The number of carbonyl (C=O) groups is 1. The quantitative estimate of drug-likeness (QED) is 0.292. The Morgan fingerprint density at radius 1 is 1.22 bits per heavy atom. The van der Waals surface area contributed by atoms with Crippen LogP contribution < -0.4 is 10.6 Å². The second kappa shape index (κ2) is 12.2. The van der Waals surface area contributed by atoms with Crippen LogP contribution in [0, 0.1) is 0 Å². The van der Waals surface area contributed by atoms with E-state index in [1.807, 2.05) is 0 Å². The minimum Gasteiger partial charge on any atom is -0.469 e. The second-order valence-corrected chi connectivity index (χ2v) is 6.19. The van der Waals surface area contributed by atoms with E-state index in [-0.39, 0.29) is 5.97 Å². The molecule has 2 N–H and O–H groups in total. The predicted molar refractivity (Wildman–Crippen MR) is 94.7 cm³/mol. The fourth-order valence-corrected chi connectivity index (χ4v) is 2.90. The van der Waals surface area contributed by atoms with Crippen LogP contribution in [0.2, 0.25) is 0 Å². The minimum atomic E-state index is -0.139. The van der Waals surface area contributed by atoms with E-state index >= 15 is 0 Å². The number of hydrogen-bond donors (Lipinski definition) is 2. The lowest BCUT2D eigenvalue weighted by molar-refractivity contribution is -0.140. The van der Waals surface area contributed by atoms with Crippen LogP contribution in [-0.4, -0.2) is 63.2 Å². The molecule has 1 aliphatic heterocycles. The number of likely N-dealkylation sites (tertiary alicyclic amines) is 1. The summed E-state index contributed by atoms with van der Waals surface area (Å²) >= 11 is 0. The summed E-state index contributed by atoms with van der Waals surface area (Å²) in [5.74, 6) is 0.703. The summed E-state index contributed by atoms with van der Waals surface area (Å²) in [6.45, 7) is 6.49. The maximum atomic E-state index is 11.0. The van der Waals surface area contributed by atoms with Crippen LogP contribution in [0.1, 0.15) is 51.9 Å². The lowest BCUT2D eigenvalue weighted by Crippen LogP contribution is -2.41. The molecule has 1 fully saturated rings. The average Bonchev–Trinajstić information content (AvgIpc) is 2.57. The zero-order chi connectivity index (χ0) is 16.9. The molecule has 1 rings (SSSR count). The third-order valence-electron chi connectivity index (χ3n) is 4.41. The molecule has 0 aliphatic carbocycles. The van der Waals surface area contributed by atoms with Gasteiger partial charge >= 0.3 is 5.97 Å². The monoisotopic (exact) mass is 326 g/mol. The van der Waals surface area contributed by atoms with Gasteiger partial charge in [0.15, 0.2) is 5.96 Å². The third kappa shape index (κ3) is 8.79. The number of nitrogens with zero attached hydrogens (tertiary/aromatic N) is 2. The van der Waals surface area contributed by atoms with Crippen molar-refractivity contribution in [2.45, 2.75) is 57.9 Å². The number of piperidine rings is 1. The van der Waals surface area contributed by atoms with Gasteiger partial charge in [0.05, 0.1) is 7.11 Å². The Morgan fingerprint density at radius 3 is 2.61 bits per heavy atom. The molecule has 0 radical (unpaired) electrons. The standard InChI is InChI=1S/C17H34N4O2/c1-15-9-5-7-13-21(15)14-8-12-20-17(18-2)19-11-6-4-10-16(22)23-3/h15H,4-14H2,1-3H3,(H2,18,19,20). The molecule has 23 heavy (non-hydrogen) atoms. The lowest BCUT2D eigenvalue weighted by Gasteiger charge is -2.33. The van der Waals surface area contributed by atoms with Crippen molar-refractivity contribution in [3.8, 4) is 0 Å². The Balaban J connectivity index is 2.04. The first-order valence-corrected chi connectivity index (χ1v) is 8.92. The number of ether oxygens (including phenoxy) is 1. The molecule has 0 aromatic heterocycles. The van der Waals surface area contributed by atoms with E-state index in [9.17, 15) is 4.79 Å². The maximum absolute atomic E-state index is 11.0. The minimum absolute atomic E-state index is 0.139. The molecule has 1 heterocycles. The zero-order valence-corrected chi connectivity index (χ0v) is 15.1. The SMILES string of the molecule is CN=C(NCCCCC(=O)OC)NCCCN1CCCCC1C. The largest absolute Gasteiger partial charge is 0.469 e. The van der Waals surface area contributed by atoms with Gasteiger partial charge in [-0.3, -0.25) is 9.79 Å². The molecular formula is C17H34N4O2. The van der Waals surface area contributed by atoms with Crippen LogP contribution in [0.3, 0.4) is 0 Å². The lowest BCUT2D eigenvalue weighted by atomic mass is 10.0. The Bertz CT molecular complexity index is 361. The van der Waals surface area contributed by atoms with Crippen molar-refractivity contribution < 1.29 is 9.53 Å². The fraction of sp³-hybridized carbons (Fsp3) is 0.882. The zero-order valence-electron chi connectivity index (χ0n) is 15.1. The summed E-state index contributed by atoms with van der Waals surface area (Å²) in [6.07, 6.45) is 7.44. The van der Waals surface area contributed by atoms with Gasteiger partial charge in [-0.15, -0.1) is 0 Å². The number of guanidine groups is 1. The number of rotatable bonds is 9. The summed E-state index contributed by atoms with van der Waals surface area (Å²) in [4.78, 5) is 17.8. The van der Waals surface area contributed by atoms with E-state index in [4.69, 9.17) is 0 Å². The molecule has 1 atom stereocenters. The maximum Gasteiger partial charge on any atom is 0.305 e. The van der Waals surface area contributed by atoms with Gasteiger partial charge in [-0.05, 0) is 45.6 Å². The number of aliphatic imine (C=N–C) groups is 1. The van der Waals surface area contributed by atoms with Gasteiger partial charge in [0.1, 0.15) is 0 Å². The first-order chi connectivity index (χ1) is 11.2. The highest BCUT2D eigenvalue weighted by Gasteiger charge is 2.16. The molecule has 1 saturated heterocycles. The van der Waals surface area contributed by atoms with E-state index in [1.54, 1.807) is 7.05 Å². The van der Waals surface area contributed by atoms with Gasteiger partial charge in [-0.1, -0.05) is 6.42 Å². The third-order valence-corrected chi connectivity index (χ3v) is 4.41. The Morgan fingerprint density at radius 2 is 1.96 bits per heavy atom. The number of hydrogen-bond acceptors (Lipinski definition) is 4. The molecule has 1 aliphatic rings. The number of nitrogens with one attached hydrogen (secondary N) is 2. The molecular weight excluding hydrogens is 292 g/mol. The van der Waals surface area contributed by atoms with Gasteiger partial charge < -0.3 is 20.3 Å². The molecule has 134 valence electrons. The van der Waals surface area contributed by atoms with E-state index in [1.165, 1.54) is 32.9 Å². The average molecular weight is 326 g/mol. The number of esters is 1. The molecule has 1 unspecified atom stereocenters. The summed E-state index contributed by atoms with van der Waals surface area (Å²) in [5.41, 5.74) is 0. The Hall–Kier alpha value is -1.30. The van der Waals surface area contributed by atoms with Gasteiger partial charge in [0, 0.05) is 39.1 Å². The van der Waals surface area contributed by atoms with Crippen molar-refractivity contribution >= 4 is 11.9 Å². The molecule has 0 amide bonds. The van der Waals surface area contributed by atoms with E-state index in [2.05, 4.69) is 32.2 Å². The number of methoxy groups -OCH3 is 1. The van der Waals surface area contributed by atoms with Crippen LogP contribution in [0.25, 0.3) is 0 Å². The molecule has 0 spiro atoms. The first kappa shape index (κ1) is 19.7. The fourth-order valence-electron chi connectivity index (χ4n) is 2.90. The summed E-state index contributed by atoms with van der Waals surface area (Å²) in [6, 6.07) is 0.732. The highest BCUT2D eigenvalue weighted by Crippen LogP contribution is 2.15. The second-order valence-electron chi connectivity index (χ2n) is 6.19. The molecule has 0 aromatic carbocycles. The van der Waals surface area contributed by atoms with Crippen LogP contribution in [-0.2, 0) is 9.53 Å². The van der Waals surface area contributed by atoms with Crippen molar-refractivity contribution in [1.82, 2.24) is 15.5 Å². The smallest absolute Gasteiger partial charge is 0.305 e. The van der Waals surface area contributed by atoms with Crippen LogP contribution >= 0.6 is 0 Å². The number of unbranched alkanes of at least 4 members (excludes halogenated alkanes) is 1. The molecule has 6 heteroatoms. The van der Waals surface area contributed by atoms with Crippen molar-refractivity contribution in [3.05, 3.63) is 0 Å². The number of carbonyl (C=O) groups excluding carboxylic acids is 1. The summed E-state index contributed by atoms with van der Waals surface area (Å²) < 4.78 is 4.62. The van der Waals surface area contributed by atoms with Gasteiger partial charge in [-0.2, -0.15) is 0 Å². The van der Waals surface area contributed by atoms with E-state index in [0.29, 0.717) is 6.42 Å². The predicted octanol–water partition coefficient (Wildman–Crippen LogP) is 1.76. The highest BCUT2D eigenvalue weighted by molar-refractivity contribution is 5.79. The van der Waals surface area contributed by atoms with Crippen LogP contribution in [0.4, 0.5) is 0 Å². The molecule has 0 bridgehead atoms. The van der Waals surface area contributed by atoms with Gasteiger partial charge in [0.25, 0.3) is 0 Å². The van der Waals surface area contributed by atoms with Crippen LogP contribution in [0.5, 0.6) is 0 Å². The summed E-state index contributed by atoms with van der Waals surface area (Å²) in [5, 5.41) is 6.64. The Kier molecular flexibility index (Phi) is 10.4. The molecule has 6 nitrogen and oxygen atoms in total. The first-order valence-electron chi connectivity index (χ1n) is 8.92.